The van der Waals surface area contributed by atoms with Crippen molar-refractivity contribution in [3.63, 3.8) is 0 Å². The summed E-state index contributed by atoms with van der Waals surface area (Å²) in [6.45, 7) is 0.529. The van der Waals surface area contributed by atoms with Crippen molar-refractivity contribution in [1.82, 2.24) is 5.32 Å². The second-order valence-electron chi connectivity index (χ2n) is 2.61. The highest BCUT2D eigenvalue weighted by Gasteiger charge is 2.22. The predicted octanol–water partition coefficient (Wildman–Crippen LogP) is 1.24. The number of benzene rings is 1. The van der Waals surface area contributed by atoms with Gasteiger partial charge in [-0.1, -0.05) is 0 Å². The van der Waals surface area contributed by atoms with E-state index >= 15 is 0 Å². The van der Waals surface area contributed by atoms with Crippen molar-refractivity contribution in [2.75, 3.05) is 0 Å². The van der Waals surface area contributed by atoms with Crippen LogP contribution in [0.25, 0.3) is 0 Å². The highest BCUT2D eigenvalue weighted by molar-refractivity contribution is 14.1. The number of fused-ring (bicyclic) bond motifs is 1. The van der Waals surface area contributed by atoms with Gasteiger partial charge in [-0.3, -0.25) is 4.79 Å². The second-order valence-corrected chi connectivity index (χ2v) is 3.69. The molecule has 1 aromatic carbocycles. The maximum Gasteiger partial charge on any atom is 0.251 e. The first-order valence-electron chi connectivity index (χ1n) is 3.48. The average Bonchev–Trinajstić information content (AvgIpc) is 2.41. The van der Waals surface area contributed by atoms with Crippen LogP contribution in [-0.4, -0.2) is 11.0 Å². The second kappa shape index (κ2) is 2.62. The zero-order valence-corrected chi connectivity index (χ0v) is 8.25. The fourth-order valence-electron chi connectivity index (χ4n) is 1.26. The molecule has 0 radical (unpaired) electrons. The van der Waals surface area contributed by atoms with Crippen LogP contribution < -0.4 is 5.32 Å². The van der Waals surface area contributed by atoms with Crippen molar-refractivity contribution in [1.29, 1.82) is 0 Å². The van der Waals surface area contributed by atoms with Crippen LogP contribution in [0.3, 0.4) is 0 Å². The highest BCUT2D eigenvalue weighted by atomic mass is 127. The fraction of sp³-hybridized carbons (Fsp3) is 0.125. The summed E-state index contributed by atoms with van der Waals surface area (Å²) in [5, 5.41) is 12.0. The Hall–Kier alpha value is -0.780. The number of phenols is 1. The summed E-state index contributed by atoms with van der Waals surface area (Å²) in [4.78, 5) is 11.1. The van der Waals surface area contributed by atoms with Crippen molar-refractivity contribution in [3.8, 4) is 5.75 Å². The lowest BCUT2D eigenvalue weighted by Crippen LogP contribution is -2.12. The molecule has 0 spiro atoms. The number of hydrogen-bond donors (Lipinski definition) is 2. The molecule has 3 nitrogen and oxygen atoms in total. The van der Waals surface area contributed by atoms with Gasteiger partial charge in [0, 0.05) is 17.7 Å². The number of rotatable bonds is 0. The van der Waals surface area contributed by atoms with Gasteiger partial charge in [-0.15, -0.1) is 0 Å². The van der Waals surface area contributed by atoms with Crippen molar-refractivity contribution in [2.24, 2.45) is 0 Å². The summed E-state index contributed by atoms with van der Waals surface area (Å²) in [7, 11) is 0. The number of phenolic OH excluding ortho intramolecular Hbond substituents is 1. The minimum atomic E-state index is -0.0529. The molecule has 0 saturated heterocycles. The van der Waals surface area contributed by atoms with Crippen LogP contribution >= 0.6 is 22.6 Å². The Bertz CT molecular complexity index is 362. The minimum Gasteiger partial charge on any atom is -0.507 e. The lowest BCUT2D eigenvalue weighted by Gasteiger charge is -2.00. The lowest BCUT2D eigenvalue weighted by atomic mass is 10.1. The molecule has 1 heterocycles. The van der Waals surface area contributed by atoms with Gasteiger partial charge in [0.2, 0.25) is 0 Å². The summed E-state index contributed by atoms with van der Waals surface area (Å²) in [6, 6.07) is 3.20. The SMILES string of the molecule is O=C1NCc2c1ccc(O)c2I. The lowest BCUT2D eigenvalue weighted by molar-refractivity contribution is 0.0966. The van der Waals surface area contributed by atoms with Gasteiger partial charge in [-0.2, -0.15) is 0 Å². The Kier molecular flexibility index (Phi) is 1.71. The number of halogens is 1. The molecular weight excluding hydrogens is 269 g/mol. The Balaban J connectivity index is 2.68. The zero-order valence-electron chi connectivity index (χ0n) is 6.10. The van der Waals surface area contributed by atoms with Crippen LogP contribution in [0.1, 0.15) is 15.9 Å². The first kappa shape index (κ1) is 7.85. The summed E-state index contributed by atoms with van der Waals surface area (Å²) in [5.74, 6) is 0.189. The number of amides is 1. The molecule has 0 fully saturated rings. The summed E-state index contributed by atoms with van der Waals surface area (Å²) in [6.07, 6.45) is 0. The Morgan fingerprint density at radius 3 is 3.00 bits per heavy atom. The Morgan fingerprint density at radius 2 is 2.25 bits per heavy atom. The number of hydrogen-bond acceptors (Lipinski definition) is 2. The molecule has 1 aromatic rings. The molecular formula is C8H6INO2. The molecule has 0 bridgehead atoms. The molecule has 1 aliphatic rings. The van der Waals surface area contributed by atoms with Gasteiger partial charge in [0.15, 0.2) is 0 Å². The first-order valence-corrected chi connectivity index (χ1v) is 4.56. The molecule has 1 aliphatic heterocycles. The van der Waals surface area contributed by atoms with Crippen molar-refractivity contribution in [2.45, 2.75) is 6.54 Å². The maximum atomic E-state index is 11.1. The minimum absolute atomic E-state index is 0.0529. The predicted molar refractivity (Wildman–Crippen MR) is 52.0 cm³/mol. The van der Waals surface area contributed by atoms with Crippen LogP contribution in [0.4, 0.5) is 0 Å². The quantitative estimate of drug-likeness (QED) is 0.700. The molecule has 0 aromatic heterocycles. The van der Waals surface area contributed by atoms with E-state index in [1.165, 1.54) is 0 Å². The first-order chi connectivity index (χ1) is 5.70. The molecule has 0 saturated carbocycles. The van der Waals surface area contributed by atoms with Crippen LogP contribution in [0.2, 0.25) is 0 Å². The maximum absolute atomic E-state index is 11.1. The van der Waals surface area contributed by atoms with Crippen molar-refractivity contribution < 1.29 is 9.90 Å². The largest absolute Gasteiger partial charge is 0.507 e. The summed E-state index contributed by atoms with van der Waals surface area (Å²) in [5.41, 5.74) is 1.58. The van der Waals surface area contributed by atoms with Crippen LogP contribution in [0, 0.1) is 3.57 Å². The van der Waals surface area contributed by atoms with E-state index in [1.54, 1.807) is 12.1 Å². The van der Waals surface area contributed by atoms with Crippen LogP contribution in [0.5, 0.6) is 5.75 Å². The standard InChI is InChI=1S/C8H6INO2/c9-7-5-3-10-8(12)4(5)1-2-6(7)11/h1-2,11H,3H2,(H,10,12). The Morgan fingerprint density at radius 1 is 1.50 bits per heavy atom. The van der Waals surface area contributed by atoms with Gasteiger partial charge >= 0.3 is 0 Å². The van der Waals surface area contributed by atoms with Crippen molar-refractivity contribution in [3.05, 3.63) is 26.8 Å². The van der Waals surface area contributed by atoms with E-state index in [2.05, 4.69) is 5.32 Å². The van der Waals surface area contributed by atoms with Gasteiger partial charge in [0.25, 0.3) is 5.91 Å². The number of carbonyl (C=O) groups excluding carboxylic acids is 1. The van der Waals surface area contributed by atoms with Gasteiger partial charge in [-0.05, 0) is 34.7 Å². The fourth-order valence-corrected chi connectivity index (χ4v) is 1.92. The van der Waals surface area contributed by atoms with E-state index in [-0.39, 0.29) is 11.7 Å². The van der Waals surface area contributed by atoms with Crippen LogP contribution in [0.15, 0.2) is 12.1 Å². The van der Waals surface area contributed by atoms with E-state index in [0.29, 0.717) is 12.1 Å². The smallest absolute Gasteiger partial charge is 0.251 e. The molecule has 0 aliphatic carbocycles. The average molecular weight is 275 g/mol. The molecule has 0 atom stereocenters. The van der Waals surface area contributed by atoms with Gasteiger partial charge in [0.05, 0.1) is 3.57 Å². The third-order valence-electron chi connectivity index (χ3n) is 1.89. The van der Waals surface area contributed by atoms with E-state index in [9.17, 15) is 9.90 Å². The third-order valence-corrected chi connectivity index (χ3v) is 3.10. The Labute approximate surface area is 82.9 Å². The molecule has 0 unspecified atom stereocenters. The van der Waals surface area contributed by atoms with Crippen LogP contribution in [-0.2, 0) is 6.54 Å². The number of nitrogens with one attached hydrogen (secondary N) is 1. The molecule has 2 N–H and O–H groups in total. The van der Waals surface area contributed by atoms with Gasteiger partial charge < -0.3 is 10.4 Å². The number of aromatic hydroxyl groups is 1. The number of carbonyl (C=O) groups is 1. The van der Waals surface area contributed by atoms with E-state index in [1.807, 2.05) is 22.6 Å². The van der Waals surface area contributed by atoms with Gasteiger partial charge in [0.1, 0.15) is 5.75 Å². The topological polar surface area (TPSA) is 49.3 Å². The van der Waals surface area contributed by atoms with Gasteiger partial charge in [-0.25, -0.2) is 0 Å². The van der Waals surface area contributed by atoms with E-state index in [0.717, 1.165) is 9.13 Å². The normalized spacial score (nSPS) is 14.2. The monoisotopic (exact) mass is 275 g/mol. The van der Waals surface area contributed by atoms with E-state index < -0.39 is 0 Å². The summed E-state index contributed by atoms with van der Waals surface area (Å²) < 4.78 is 0.767. The van der Waals surface area contributed by atoms with Crippen molar-refractivity contribution >= 4 is 28.5 Å². The molecule has 1 amide bonds. The molecule has 2 rings (SSSR count). The molecule has 4 heteroatoms. The zero-order chi connectivity index (χ0) is 8.72. The third kappa shape index (κ3) is 0.979. The molecule has 12 heavy (non-hydrogen) atoms. The highest BCUT2D eigenvalue weighted by Crippen LogP contribution is 2.28. The molecule has 62 valence electrons. The summed E-state index contributed by atoms with van der Waals surface area (Å²) >= 11 is 2.04. The van der Waals surface area contributed by atoms with E-state index in [4.69, 9.17) is 0 Å².